The number of nitrogens with one attached hydrogen (secondary N) is 2. The first-order valence-corrected chi connectivity index (χ1v) is 8.58. The number of hydrazine groups is 1. The molecule has 0 radical (unpaired) electrons. The molecule has 0 aliphatic carbocycles. The third-order valence-electron chi connectivity index (χ3n) is 3.20. The summed E-state index contributed by atoms with van der Waals surface area (Å²) < 4.78 is 24.9. The van der Waals surface area contributed by atoms with Crippen LogP contribution in [0.1, 0.15) is 32.6 Å². The molecule has 1 aliphatic heterocycles. The van der Waals surface area contributed by atoms with E-state index in [1.165, 1.54) is 6.20 Å². The van der Waals surface area contributed by atoms with Crippen LogP contribution < -0.4 is 10.1 Å². The van der Waals surface area contributed by atoms with Crippen LogP contribution in [0.4, 0.5) is 5.69 Å². The first kappa shape index (κ1) is 15.2. The van der Waals surface area contributed by atoms with Crippen molar-refractivity contribution < 1.29 is 8.42 Å². The maximum Gasteiger partial charge on any atom is 0.273 e. The summed E-state index contributed by atoms with van der Waals surface area (Å²) in [6.07, 6.45) is 5.62. The Labute approximate surface area is 120 Å². The average molecular weight is 298 g/mol. The average Bonchev–Trinajstić information content (AvgIpc) is 2.46. The minimum absolute atomic E-state index is 0.0685. The highest BCUT2D eigenvalue weighted by atomic mass is 32.2. The van der Waals surface area contributed by atoms with Crippen LogP contribution in [-0.2, 0) is 10.0 Å². The van der Waals surface area contributed by atoms with Gasteiger partial charge in [0.25, 0.3) is 10.0 Å². The van der Waals surface area contributed by atoms with Gasteiger partial charge in [-0.25, -0.2) is 18.4 Å². The molecule has 1 saturated heterocycles. The Morgan fingerprint density at radius 2 is 2.05 bits per heavy atom. The van der Waals surface area contributed by atoms with Gasteiger partial charge in [-0.2, -0.15) is 0 Å². The van der Waals surface area contributed by atoms with Gasteiger partial charge in [-0.05, 0) is 31.4 Å². The molecule has 1 aromatic heterocycles. The number of sulfonamides is 1. The SMILES string of the molecule is CCCNc1cccnc1S(=O)(=O)NN1CCCCC1. The minimum Gasteiger partial charge on any atom is -0.383 e. The molecule has 2 rings (SSSR count). The Morgan fingerprint density at radius 1 is 1.30 bits per heavy atom. The van der Waals surface area contributed by atoms with Gasteiger partial charge >= 0.3 is 0 Å². The van der Waals surface area contributed by atoms with Crippen molar-refractivity contribution in [1.29, 1.82) is 0 Å². The Kier molecular flexibility index (Phi) is 5.33. The Balaban J connectivity index is 2.15. The molecule has 1 aromatic rings. The molecule has 0 spiro atoms. The fraction of sp³-hybridized carbons (Fsp3) is 0.615. The van der Waals surface area contributed by atoms with Crippen LogP contribution in [0.15, 0.2) is 23.4 Å². The van der Waals surface area contributed by atoms with Crippen molar-refractivity contribution >= 4 is 15.7 Å². The summed E-state index contributed by atoms with van der Waals surface area (Å²) in [5, 5.41) is 4.94. The molecule has 7 heteroatoms. The molecule has 2 N–H and O–H groups in total. The van der Waals surface area contributed by atoms with E-state index in [1.807, 2.05) is 6.92 Å². The lowest BCUT2D eigenvalue weighted by molar-refractivity contribution is 0.199. The van der Waals surface area contributed by atoms with Gasteiger partial charge in [0.15, 0.2) is 5.03 Å². The summed E-state index contributed by atoms with van der Waals surface area (Å²) in [5.41, 5.74) is 0.554. The van der Waals surface area contributed by atoms with Gasteiger partial charge in [-0.1, -0.05) is 13.3 Å². The first-order chi connectivity index (χ1) is 9.63. The molecular weight excluding hydrogens is 276 g/mol. The van der Waals surface area contributed by atoms with Gasteiger partial charge in [0.1, 0.15) is 0 Å². The molecule has 0 unspecified atom stereocenters. The second-order valence-corrected chi connectivity index (χ2v) is 6.50. The van der Waals surface area contributed by atoms with Crippen LogP contribution in [-0.4, -0.2) is 38.0 Å². The quantitative estimate of drug-likeness (QED) is 0.834. The Morgan fingerprint density at radius 3 is 2.75 bits per heavy atom. The van der Waals surface area contributed by atoms with Crippen molar-refractivity contribution in [3.05, 3.63) is 18.3 Å². The maximum absolute atomic E-state index is 12.4. The highest BCUT2D eigenvalue weighted by Crippen LogP contribution is 2.18. The summed E-state index contributed by atoms with van der Waals surface area (Å²) >= 11 is 0. The highest BCUT2D eigenvalue weighted by molar-refractivity contribution is 7.89. The summed E-state index contributed by atoms with van der Waals surface area (Å²) in [7, 11) is -3.62. The monoisotopic (exact) mass is 298 g/mol. The third-order valence-corrected chi connectivity index (χ3v) is 4.53. The standard InChI is InChI=1S/C13H22N4O2S/c1-2-8-14-12-7-6-9-15-13(12)20(18,19)16-17-10-4-3-5-11-17/h6-7,9,14,16H,2-5,8,10-11H2,1H3. The van der Waals surface area contributed by atoms with E-state index in [2.05, 4.69) is 15.1 Å². The number of nitrogens with zero attached hydrogens (tertiary/aromatic N) is 2. The number of rotatable bonds is 6. The van der Waals surface area contributed by atoms with Crippen molar-refractivity contribution in [2.24, 2.45) is 0 Å². The number of hydrogen-bond acceptors (Lipinski definition) is 5. The molecule has 0 aromatic carbocycles. The van der Waals surface area contributed by atoms with Gasteiger partial charge < -0.3 is 5.32 Å². The first-order valence-electron chi connectivity index (χ1n) is 7.10. The van der Waals surface area contributed by atoms with Crippen LogP contribution in [0, 0.1) is 0 Å². The smallest absolute Gasteiger partial charge is 0.273 e. The number of piperidine rings is 1. The summed E-state index contributed by atoms with van der Waals surface area (Å²) in [6.45, 7) is 4.26. The molecule has 6 nitrogen and oxygen atoms in total. The summed E-state index contributed by atoms with van der Waals surface area (Å²) in [4.78, 5) is 6.66. The van der Waals surface area contributed by atoms with E-state index in [0.29, 0.717) is 5.69 Å². The van der Waals surface area contributed by atoms with E-state index in [9.17, 15) is 8.42 Å². The van der Waals surface area contributed by atoms with Gasteiger partial charge in [0.05, 0.1) is 5.69 Å². The predicted molar refractivity (Wildman–Crippen MR) is 78.8 cm³/mol. The lowest BCUT2D eigenvalue weighted by atomic mass is 10.2. The fourth-order valence-electron chi connectivity index (χ4n) is 2.20. The van der Waals surface area contributed by atoms with Gasteiger partial charge in [-0.15, -0.1) is 4.83 Å². The lowest BCUT2D eigenvalue weighted by Gasteiger charge is -2.26. The Hall–Kier alpha value is -1.18. The van der Waals surface area contributed by atoms with Gasteiger partial charge in [-0.3, -0.25) is 0 Å². The molecule has 0 amide bonds. The summed E-state index contributed by atoms with van der Waals surface area (Å²) in [5.74, 6) is 0. The zero-order chi connectivity index (χ0) is 14.4. The molecule has 112 valence electrons. The molecule has 1 aliphatic rings. The topological polar surface area (TPSA) is 74.3 Å². The molecule has 20 heavy (non-hydrogen) atoms. The molecule has 1 fully saturated rings. The van der Waals surface area contributed by atoms with Crippen molar-refractivity contribution in [2.75, 3.05) is 25.0 Å². The van der Waals surface area contributed by atoms with Crippen LogP contribution in [0.25, 0.3) is 0 Å². The minimum atomic E-state index is -3.62. The van der Waals surface area contributed by atoms with E-state index in [0.717, 1.165) is 45.3 Å². The molecule has 0 atom stereocenters. The maximum atomic E-state index is 12.4. The zero-order valence-electron chi connectivity index (χ0n) is 11.8. The molecule has 0 saturated carbocycles. The van der Waals surface area contributed by atoms with Gasteiger partial charge in [0.2, 0.25) is 0 Å². The molecule has 0 bridgehead atoms. The van der Waals surface area contributed by atoms with Crippen LogP contribution in [0.5, 0.6) is 0 Å². The van der Waals surface area contributed by atoms with Crippen LogP contribution in [0.2, 0.25) is 0 Å². The van der Waals surface area contributed by atoms with Crippen molar-refractivity contribution in [3.8, 4) is 0 Å². The predicted octanol–water partition coefficient (Wildman–Crippen LogP) is 1.58. The molecular formula is C13H22N4O2S. The van der Waals surface area contributed by atoms with E-state index < -0.39 is 10.0 Å². The van der Waals surface area contributed by atoms with E-state index in [1.54, 1.807) is 17.1 Å². The number of pyridine rings is 1. The van der Waals surface area contributed by atoms with Crippen molar-refractivity contribution in [1.82, 2.24) is 14.8 Å². The van der Waals surface area contributed by atoms with Crippen molar-refractivity contribution in [3.63, 3.8) is 0 Å². The van der Waals surface area contributed by atoms with Gasteiger partial charge in [0, 0.05) is 25.8 Å². The van der Waals surface area contributed by atoms with Crippen LogP contribution >= 0.6 is 0 Å². The third kappa shape index (κ3) is 3.91. The van der Waals surface area contributed by atoms with E-state index >= 15 is 0 Å². The lowest BCUT2D eigenvalue weighted by Crippen LogP contribution is -2.45. The van der Waals surface area contributed by atoms with E-state index in [-0.39, 0.29) is 5.03 Å². The number of aromatic nitrogens is 1. The normalized spacial score (nSPS) is 17.1. The zero-order valence-corrected chi connectivity index (χ0v) is 12.6. The largest absolute Gasteiger partial charge is 0.383 e. The summed E-state index contributed by atoms with van der Waals surface area (Å²) in [6, 6.07) is 3.48. The fourth-order valence-corrected chi connectivity index (χ4v) is 3.44. The van der Waals surface area contributed by atoms with Crippen molar-refractivity contribution in [2.45, 2.75) is 37.6 Å². The number of hydrogen-bond donors (Lipinski definition) is 2. The number of anilines is 1. The molecule has 2 heterocycles. The second kappa shape index (κ2) is 7.01. The second-order valence-electron chi connectivity index (χ2n) is 4.93. The Bertz CT molecular complexity index is 527. The van der Waals surface area contributed by atoms with E-state index in [4.69, 9.17) is 0 Å². The van der Waals surface area contributed by atoms with Crippen LogP contribution in [0.3, 0.4) is 0 Å². The highest BCUT2D eigenvalue weighted by Gasteiger charge is 2.23.